The monoisotopic (exact) mass is 250 g/mol. The van der Waals surface area contributed by atoms with Crippen LogP contribution in [0.25, 0.3) is 0 Å². The van der Waals surface area contributed by atoms with Crippen molar-refractivity contribution in [1.82, 2.24) is 9.97 Å². The van der Waals surface area contributed by atoms with Gasteiger partial charge >= 0.3 is 0 Å². The second kappa shape index (κ2) is 6.66. The molecule has 0 atom stereocenters. The predicted octanol–water partition coefficient (Wildman–Crippen LogP) is 1.48. The van der Waals surface area contributed by atoms with Crippen molar-refractivity contribution in [3.63, 3.8) is 0 Å². The van der Waals surface area contributed by atoms with Crippen molar-refractivity contribution >= 4 is 5.82 Å². The highest BCUT2D eigenvalue weighted by Gasteiger charge is 2.18. The van der Waals surface area contributed by atoms with E-state index in [9.17, 15) is 0 Å². The van der Waals surface area contributed by atoms with Crippen molar-refractivity contribution in [2.45, 2.75) is 44.8 Å². The molecule has 0 saturated heterocycles. The van der Waals surface area contributed by atoms with Gasteiger partial charge in [-0.25, -0.2) is 9.97 Å². The number of hydrogen-bond acceptors (Lipinski definition) is 5. The number of nitrogens with zero attached hydrogens (tertiary/aromatic N) is 2. The maximum atomic E-state index is 5.86. The van der Waals surface area contributed by atoms with Gasteiger partial charge in [0.05, 0.1) is 12.7 Å². The molecule has 5 heteroatoms. The summed E-state index contributed by atoms with van der Waals surface area (Å²) in [4.78, 5) is 8.19. The molecule has 18 heavy (non-hydrogen) atoms. The van der Waals surface area contributed by atoms with Crippen molar-refractivity contribution in [1.29, 1.82) is 0 Å². The first kappa shape index (κ1) is 13.2. The van der Waals surface area contributed by atoms with Crippen LogP contribution in [0.5, 0.6) is 0 Å². The molecule has 3 N–H and O–H groups in total. The lowest BCUT2D eigenvalue weighted by atomic mass is 9.94. The Morgan fingerprint density at radius 1 is 1.33 bits per heavy atom. The summed E-state index contributed by atoms with van der Waals surface area (Å²) in [5.74, 6) is 0.858. The van der Waals surface area contributed by atoms with Crippen LogP contribution >= 0.6 is 0 Å². The van der Waals surface area contributed by atoms with Gasteiger partial charge < -0.3 is 15.8 Å². The zero-order valence-electron chi connectivity index (χ0n) is 10.9. The van der Waals surface area contributed by atoms with E-state index < -0.39 is 0 Å². The molecule has 1 aromatic heterocycles. The third-order valence-electron chi connectivity index (χ3n) is 3.28. The number of nitrogens with one attached hydrogen (secondary N) is 1. The first-order valence-electron chi connectivity index (χ1n) is 6.64. The number of hydrogen-bond donors (Lipinski definition) is 2. The summed E-state index contributed by atoms with van der Waals surface area (Å²) in [5, 5.41) is 3.23. The number of rotatable bonds is 5. The van der Waals surface area contributed by atoms with Crippen LogP contribution in [0.3, 0.4) is 0 Å². The summed E-state index contributed by atoms with van der Waals surface area (Å²) < 4.78 is 5.82. The zero-order valence-corrected chi connectivity index (χ0v) is 10.9. The molecule has 2 rings (SSSR count). The molecule has 1 fully saturated rings. The van der Waals surface area contributed by atoms with Gasteiger partial charge in [-0.05, 0) is 32.6 Å². The normalized spacial score (nSPS) is 23.9. The summed E-state index contributed by atoms with van der Waals surface area (Å²) in [6.07, 6.45) is 6.31. The summed E-state index contributed by atoms with van der Waals surface area (Å²) in [6.45, 7) is 3.44. The molecule has 0 radical (unpaired) electrons. The van der Waals surface area contributed by atoms with Crippen LogP contribution in [-0.4, -0.2) is 35.3 Å². The minimum atomic E-state index is 0.381. The molecule has 1 aliphatic carbocycles. The number of ether oxygens (including phenoxy) is 1. The molecule has 0 amide bonds. The maximum absolute atomic E-state index is 5.86. The Labute approximate surface area is 108 Å². The molecule has 5 nitrogen and oxygen atoms in total. The van der Waals surface area contributed by atoms with Gasteiger partial charge in [0, 0.05) is 24.3 Å². The Hall–Kier alpha value is -1.20. The SMILES string of the molecule is Cc1cc(NCCOC2CCC(N)CC2)ncn1. The molecular weight excluding hydrogens is 228 g/mol. The van der Waals surface area contributed by atoms with Crippen molar-refractivity contribution < 1.29 is 4.74 Å². The molecule has 1 saturated carbocycles. The summed E-state index contributed by atoms with van der Waals surface area (Å²) in [5.41, 5.74) is 6.83. The standard InChI is InChI=1S/C13H22N4O/c1-10-8-13(17-9-16-10)15-6-7-18-12-4-2-11(14)3-5-12/h8-9,11-12H,2-7,14H2,1H3,(H,15,16,17). The number of anilines is 1. The van der Waals surface area contributed by atoms with E-state index in [0.29, 0.717) is 18.8 Å². The van der Waals surface area contributed by atoms with Crippen LogP contribution in [0.15, 0.2) is 12.4 Å². The summed E-state index contributed by atoms with van der Waals surface area (Å²) in [6, 6.07) is 2.31. The second-order valence-corrected chi connectivity index (χ2v) is 4.88. The van der Waals surface area contributed by atoms with Crippen molar-refractivity contribution in [3.8, 4) is 0 Å². The quantitative estimate of drug-likeness (QED) is 0.774. The van der Waals surface area contributed by atoms with Gasteiger partial charge in [-0.3, -0.25) is 0 Å². The third kappa shape index (κ3) is 4.23. The minimum absolute atomic E-state index is 0.381. The highest BCUT2D eigenvalue weighted by Crippen LogP contribution is 2.19. The van der Waals surface area contributed by atoms with E-state index >= 15 is 0 Å². The van der Waals surface area contributed by atoms with E-state index in [-0.39, 0.29) is 0 Å². The highest BCUT2D eigenvalue weighted by molar-refractivity contribution is 5.34. The van der Waals surface area contributed by atoms with Gasteiger partial charge in [0.1, 0.15) is 12.1 Å². The Bertz CT molecular complexity index is 364. The number of aryl methyl sites for hydroxylation is 1. The van der Waals surface area contributed by atoms with Crippen LogP contribution in [0, 0.1) is 6.92 Å². The van der Waals surface area contributed by atoms with Gasteiger partial charge in [-0.1, -0.05) is 0 Å². The van der Waals surface area contributed by atoms with E-state index in [1.807, 2.05) is 13.0 Å². The molecule has 0 spiro atoms. The summed E-state index contributed by atoms with van der Waals surface area (Å²) >= 11 is 0. The number of aromatic nitrogens is 2. The van der Waals surface area contributed by atoms with E-state index in [0.717, 1.165) is 43.7 Å². The molecule has 1 heterocycles. The van der Waals surface area contributed by atoms with Crippen LogP contribution in [0.4, 0.5) is 5.82 Å². The first-order valence-corrected chi connectivity index (χ1v) is 6.64. The van der Waals surface area contributed by atoms with Crippen LogP contribution in [0.2, 0.25) is 0 Å². The van der Waals surface area contributed by atoms with E-state index in [1.165, 1.54) is 0 Å². The molecule has 0 aliphatic heterocycles. The van der Waals surface area contributed by atoms with Crippen LogP contribution in [0.1, 0.15) is 31.4 Å². The van der Waals surface area contributed by atoms with E-state index in [2.05, 4.69) is 15.3 Å². The largest absolute Gasteiger partial charge is 0.376 e. The lowest BCUT2D eigenvalue weighted by Crippen LogP contribution is -2.31. The van der Waals surface area contributed by atoms with Crippen molar-refractivity contribution in [3.05, 3.63) is 18.1 Å². The molecule has 1 aliphatic rings. The fourth-order valence-corrected chi connectivity index (χ4v) is 2.21. The molecule has 0 aromatic carbocycles. The smallest absolute Gasteiger partial charge is 0.129 e. The third-order valence-corrected chi connectivity index (χ3v) is 3.28. The molecular formula is C13H22N4O. The van der Waals surface area contributed by atoms with Gasteiger partial charge in [0.25, 0.3) is 0 Å². The van der Waals surface area contributed by atoms with Gasteiger partial charge in [-0.2, -0.15) is 0 Å². The Balaban J connectivity index is 1.61. The Kier molecular flexibility index (Phi) is 4.90. The van der Waals surface area contributed by atoms with Crippen molar-refractivity contribution in [2.75, 3.05) is 18.5 Å². The highest BCUT2D eigenvalue weighted by atomic mass is 16.5. The minimum Gasteiger partial charge on any atom is -0.376 e. The molecule has 1 aromatic rings. The van der Waals surface area contributed by atoms with Crippen LogP contribution < -0.4 is 11.1 Å². The average Bonchev–Trinajstić information content (AvgIpc) is 2.37. The zero-order chi connectivity index (χ0) is 12.8. The average molecular weight is 250 g/mol. The number of nitrogens with two attached hydrogens (primary N) is 1. The fraction of sp³-hybridized carbons (Fsp3) is 0.692. The molecule has 0 bridgehead atoms. The molecule has 100 valence electrons. The van der Waals surface area contributed by atoms with Gasteiger partial charge in [0.15, 0.2) is 0 Å². The van der Waals surface area contributed by atoms with Gasteiger partial charge in [-0.15, -0.1) is 0 Å². The lowest BCUT2D eigenvalue weighted by molar-refractivity contribution is 0.0313. The van der Waals surface area contributed by atoms with Gasteiger partial charge in [0.2, 0.25) is 0 Å². The van der Waals surface area contributed by atoms with Crippen molar-refractivity contribution in [2.24, 2.45) is 5.73 Å². The Morgan fingerprint density at radius 2 is 2.11 bits per heavy atom. The van der Waals surface area contributed by atoms with Crippen LogP contribution in [-0.2, 0) is 4.74 Å². The second-order valence-electron chi connectivity index (χ2n) is 4.88. The lowest BCUT2D eigenvalue weighted by Gasteiger charge is -2.26. The topological polar surface area (TPSA) is 73.1 Å². The maximum Gasteiger partial charge on any atom is 0.129 e. The fourth-order valence-electron chi connectivity index (χ4n) is 2.21. The predicted molar refractivity (Wildman–Crippen MR) is 71.4 cm³/mol. The first-order chi connectivity index (χ1) is 8.74. The Morgan fingerprint density at radius 3 is 2.83 bits per heavy atom. The van der Waals surface area contributed by atoms with E-state index in [1.54, 1.807) is 6.33 Å². The molecule has 0 unspecified atom stereocenters. The van der Waals surface area contributed by atoms with E-state index in [4.69, 9.17) is 10.5 Å². The summed E-state index contributed by atoms with van der Waals surface area (Å²) in [7, 11) is 0.